The molecule has 4 rings (SSSR count). The van der Waals surface area contributed by atoms with Gasteiger partial charge in [-0.3, -0.25) is 0 Å². The molecule has 0 heterocycles. The summed E-state index contributed by atoms with van der Waals surface area (Å²) in [6, 6.07) is 30.2. The van der Waals surface area contributed by atoms with Gasteiger partial charge in [0.05, 0.1) is 11.4 Å². The second-order valence-electron chi connectivity index (χ2n) is 6.30. The van der Waals surface area contributed by atoms with Crippen LogP contribution in [0.15, 0.2) is 103 Å². The molecule has 0 saturated heterocycles. The molecule has 0 saturated carbocycles. The number of nitrogen functional groups attached to an aromatic ring is 6. The van der Waals surface area contributed by atoms with Crippen molar-refractivity contribution in [1.82, 2.24) is 0 Å². The van der Waals surface area contributed by atoms with Gasteiger partial charge in [-0.2, -0.15) is 0 Å². The number of hydrogen-bond acceptors (Lipinski definition) is 7. The van der Waals surface area contributed by atoms with Gasteiger partial charge in [0.1, 0.15) is 5.75 Å². The van der Waals surface area contributed by atoms with Gasteiger partial charge < -0.3 is 39.5 Å². The largest absolute Gasteiger partial charge is 0.508 e. The first-order chi connectivity index (χ1) is 14.8. The molecule has 0 radical (unpaired) electrons. The molecule has 7 heteroatoms. The summed E-state index contributed by atoms with van der Waals surface area (Å²) in [6.07, 6.45) is 0. The van der Waals surface area contributed by atoms with Crippen LogP contribution in [-0.2, 0) is 0 Å². The average Bonchev–Trinajstić information content (AvgIpc) is 2.74. The summed E-state index contributed by atoms with van der Waals surface area (Å²) < 4.78 is 0. The fourth-order valence-electron chi connectivity index (χ4n) is 1.99. The number of benzene rings is 4. The molecule has 0 aliphatic rings. The van der Waals surface area contributed by atoms with E-state index < -0.39 is 0 Å². The summed E-state index contributed by atoms with van der Waals surface area (Å²) in [4.78, 5) is 0. The van der Waals surface area contributed by atoms with Gasteiger partial charge in [-0.05, 0) is 66.7 Å². The Morgan fingerprint density at radius 3 is 1.03 bits per heavy atom. The van der Waals surface area contributed by atoms with Crippen LogP contribution in [-0.4, -0.2) is 5.11 Å². The second-order valence-corrected chi connectivity index (χ2v) is 6.30. The van der Waals surface area contributed by atoms with E-state index in [2.05, 4.69) is 0 Å². The van der Waals surface area contributed by atoms with E-state index in [1.807, 2.05) is 24.3 Å². The van der Waals surface area contributed by atoms with E-state index in [1.165, 1.54) is 0 Å². The van der Waals surface area contributed by atoms with Crippen molar-refractivity contribution in [3.63, 3.8) is 0 Å². The molecule has 0 spiro atoms. The highest BCUT2D eigenvalue weighted by molar-refractivity contribution is 5.62. The monoisotopic (exact) mass is 418 g/mol. The number of rotatable bonds is 0. The minimum Gasteiger partial charge on any atom is -0.508 e. The summed E-state index contributed by atoms with van der Waals surface area (Å²) >= 11 is 0. The van der Waals surface area contributed by atoms with Gasteiger partial charge in [0.2, 0.25) is 0 Å². The number of phenols is 1. The number of para-hydroxylation sites is 3. The first-order valence-electron chi connectivity index (χ1n) is 9.34. The number of phenolic OH excluding ortho intramolecular Hbond substituents is 1. The first kappa shape index (κ1) is 24.5. The van der Waals surface area contributed by atoms with E-state index in [1.54, 1.807) is 78.9 Å². The molecule has 162 valence electrons. The average molecular weight is 419 g/mol. The third-order valence-corrected chi connectivity index (χ3v) is 3.60. The molecule has 0 aliphatic heterocycles. The molecule has 7 nitrogen and oxygen atoms in total. The molecule has 0 atom stereocenters. The van der Waals surface area contributed by atoms with Gasteiger partial charge in [-0.25, -0.2) is 0 Å². The van der Waals surface area contributed by atoms with Crippen molar-refractivity contribution in [2.75, 3.05) is 34.4 Å². The summed E-state index contributed by atoms with van der Waals surface area (Å²) in [6.45, 7) is 0. The van der Waals surface area contributed by atoms with Crippen molar-refractivity contribution in [1.29, 1.82) is 0 Å². The Morgan fingerprint density at radius 2 is 0.774 bits per heavy atom. The lowest BCUT2D eigenvalue weighted by atomic mass is 10.3. The molecule has 0 amide bonds. The number of nitrogens with two attached hydrogens (primary N) is 6. The molecule has 0 fully saturated rings. The number of aromatic hydroxyl groups is 1. The summed E-state index contributed by atoms with van der Waals surface area (Å²) in [5, 5.41) is 8.63. The molecule has 4 aromatic rings. The quantitative estimate of drug-likeness (QED) is 0.211. The van der Waals surface area contributed by atoms with Crippen molar-refractivity contribution in [3.8, 4) is 5.75 Å². The van der Waals surface area contributed by atoms with Crippen molar-refractivity contribution < 1.29 is 5.11 Å². The Hall–Kier alpha value is -4.52. The smallest absolute Gasteiger partial charge is 0.115 e. The number of anilines is 6. The fraction of sp³-hybridized carbons (Fsp3) is 0. The Labute approximate surface area is 182 Å². The Kier molecular flexibility index (Phi) is 10.8. The predicted octanol–water partition coefficient (Wildman–Crippen LogP) is 3.95. The maximum atomic E-state index is 8.63. The van der Waals surface area contributed by atoms with Gasteiger partial charge in [0.15, 0.2) is 0 Å². The maximum absolute atomic E-state index is 8.63. The zero-order valence-corrected chi connectivity index (χ0v) is 17.2. The zero-order chi connectivity index (χ0) is 23.1. The van der Waals surface area contributed by atoms with Crippen LogP contribution in [0.25, 0.3) is 0 Å². The minimum atomic E-state index is 0.322. The Balaban J connectivity index is 0.000000207. The van der Waals surface area contributed by atoms with E-state index in [4.69, 9.17) is 39.5 Å². The highest BCUT2D eigenvalue weighted by Gasteiger charge is 1.85. The van der Waals surface area contributed by atoms with Crippen LogP contribution < -0.4 is 34.4 Å². The van der Waals surface area contributed by atoms with E-state index in [0.717, 1.165) is 11.4 Å². The van der Waals surface area contributed by atoms with Crippen molar-refractivity contribution in [2.24, 2.45) is 0 Å². The van der Waals surface area contributed by atoms with Crippen molar-refractivity contribution in [3.05, 3.63) is 103 Å². The molecule has 31 heavy (non-hydrogen) atoms. The molecule has 0 unspecified atom stereocenters. The van der Waals surface area contributed by atoms with Gasteiger partial charge in [-0.1, -0.05) is 36.4 Å². The fourth-order valence-corrected chi connectivity index (χ4v) is 1.99. The minimum absolute atomic E-state index is 0.322. The third-order valence-electron chi connectivity index (χ3n) is 3.60. The second kappa shape index (κ2) is 13.6. The Bertz CT molecular complexity index is 948. The first-order valence-corrected chi connectivity index (χ1v) is 9.34. The lowest BCUT2D eigenvalue weighted by Gasteiger charge is -1.94. The molecular weight excluding hydrogens is 388 g/mol. The molecule has 0 bridgehead atoms. The van der Waals surface area contributed by atoms with Crippen molar-refractivity contribution >= 4 is 34.1 Å². The maximum Gasteiger partial charge on any atom is 0.115 e. The SMILES string of the molecule is Nc1ccc(N)cc1.Nc1cccc(N)c1.Nc1ccccc1N.Oc1ccccc1. The third kappa shape index (κ3) is 11.8. The highest BCUT2D eigenvalue weighted by Crippen LogP contribution is 2.10. The zero-order valence-electron chi connectivity index (χ0n) is 17.2. The van der Waals surface area contributed by atoms with E-state index in [9.17, 15) is 0 Å². The predicted molar refractivity (Wildman–Crippen MR) is 134 cm³/mol. The summed E-state index contributed by atoms with van der Waals surface area (Å²) in [5.41, 5.74) is 36.5. The normalized spacial score (nSPS) is 8.90. The molecule has 4 aromatic carbocycles. The standard InChI is InChI=1S/3C6H8N2.C6H6O/c7-5-1-2-6(8)4-3-5;7-5-2-1-3-6(8)4-5;7-5-3-1-2-4-6(5)8;7-6-4-2-1-3-5-6/h3*1-4H,7-8H2;1-5,7H. The van der Waals surface area contributed by atoms with E-state index in [-0.39, 0.29) is 0 Å². The van der Waals surface area contributed by atoms with Gasteiger partial charge in [0.25, 0.3) is 0 Å². The van der Waals surface area contributed by atoms with Gasteiger partial charge >= 0.3 is 0 Å². The molecular formula is C24H30N6O. The van der Waals surface area contributed by atoms with E-state index >= 15 is 0 Å². The van der Waals surface area contributed by atoms with Crippen LogP contribution in [0.3, 0.4) is 0 Å². The van der Waals surface area contributed by atoms with Crippen LogP contribution in [0, 0.1) is 0 Å². The topological polar surface area (TPSA) is 176 Å². The summed E-state index contributed by atoms with van der Waals surface area (Å²) in [5.74, 6) is 0.322. The van der Waals surface area contributed by atoms with Crippen LogP contribution in [0.5, 0.6) is 5.75 Å². The lowest BCUT2D eigenvalue weighted by Crippen LogP contribution is -1.91. The van der Waals surface area contributed by atoms with Crippen LogP contribution in [0.1, 0.15) is 0 Å². The lowest BCUT2D eigenvalue weighted by molar-refractivity contribution is 0.475. The van der Waals surface area contributed by atoms with Crippen LogP contribution in [0.4, 0.5) is 34.1 Å². The molecule has 13 N–H and O–H groups in total. The Morgan fingerprint density at radius 1 is 0.387 bits per heavy atom. The molecule has 0 aliphatic carbocycles. The van der Waals surface area contributed by atoms with Crippen molar-refractivity contribution in [2.45, 2.75) is 0 Å². The van der Waals surface area contributed by atoms with E-state index in [0.29, 0.717) is 28.5 Å². The van der Waals surface area contributed by atoms with Crippen LogP contribution in [0.2, 0.25) is 0 Å². The van der Waals surface area contributed by atoms with Gasteiger partial charge in [-0.15, -0.1) is 0 Å². The summed E-state index contributed by atoms with van der Waals surface area (Å²) in [7, 11) is 0. The molecule has 0 aromatic heterocycles. The van der Waals surface area contributed by atoms with Crippen LogP contribution >= 0.6 is 0 Å². The highest BCUT2D eigenvalue weighted by atomic mass is 16.3. The van der Waals surface area contributed by atoms with Gasteiger partial charge in [0, 0.05) is 22.7 Å². The number of hydrogen-bond donors (Lipinski definition) is 7.